The van der Waals surface area contributed by atoms with Crippen LogP contribution in [0.25, 0.3) is 11.0 Å². The van der Waals surface area contributed by atoms with Gasteiger partial charge in [-0.15, -0.1) is 0 Å². The van der Waals surface area contributed by atoms with Crippen LogP contribution in [-0.4, -0.2) is 40.0 Å². The molecule has 1 aliphatic rings. The van der Waals surface area contributed by atoms with Gasteiger partial charge in [-0.05, 0) is 25.1 Å². The zero-order valence-corrected chi connectivity index (χ0v) is 13.6. The van der Waals surface area contributed by atoms with E-state index in [0.717, 1.165) is 34.9 Å². The lowest BCUT2D eigenvalue weighted by Crippen LogP contribution is -2.38. The Morgan fingerprint density at radius 2 is 2.21 bits per heavy atom. The molecule has 2 atom stereocenters. The van der Waals surface area contributed by atoms with Crippen molar-refractivity contribution in [3.63, 3.8) is 0 Å². The second-order valence-electron chi connectivity index (χ2n) is 6.20. The summed E-state index contributed by atoms with van der Waals surface area (Å²) in [4.78, 5) is 25.6. The lowest BCUT2D eigenvalue weighted by Gasteiger charge is -2.18. The molecule has 2 N–H and O–H groups in total. The van der Waals surface area contributed by atoms with Crippen LogP contribution in [0.1, 0.15) is 24.4 Å². The van der Waals surface area contributed by atoms with Crippen LogP contribution in [0.4, 0.5) is 5.82 Å². The van der Waals surface area contributed by atoms with Crippen molar-refractivity contribution in [3.8, 4) is 0 Å². The predicted molar refractivity (Wildman–Crippen MR) is 89.9 cm³/mol. The Morgan fingerprint density at radius 1 is 1.33 bits per heavy atom. The largest absolute Gasteiger partial charge is 0.466 e. The molecule has 0 spiro atoms. The standard InChI is InChI=1S/C17H19N5O2/c1-10-3-4-15(24-10)13-7-22(8-14(13)21-11(2)23)17-12-5-6-18-16(12)19-9-20-17/h3-6,9,13-14H,7-8H2,1-2H3,(H,21,23)(H,18,19,20)/t13-,14-/m1/s1. The smallest absolute Gasteiger partial charge is 0.217 e. The summed E-state index contributed by atoms with van der Waals surface area (Å²) < 4.78 is 5.82. The quantitative estimate of drug-likeness (QED) is 0.769. The van der Waals surface area contributed by atoms with Gasteiger partial charge in [-0.3, -0.25) is 4.79 Å². The predicted octanol–water partition coefficient (Wildman–Crippen LogP) is 1.97. The number of furan rings is 1. The Balaban J connectivity index is 1.68. The van der Waals surface area contributed by atoms with Gasteiger partial charge in [-0.2, -0.15) is 0 Å². The number of aromatic amines is 1. The third kappa shape index (κ3) is 2.51. The van der Waals surface area contributed by atoms with Gasteiger partial charge >= 0.3 is 0 Å². The fourth-order valence-electron chi connectivity index (χ4n) is 3.44. The first kappa shape index (κ1) is 14.7. The highest BCUT2D eigenvalue weighted by Crippen LogP contribution is 2.33. The van der Waals surface area contributed by atoms with E-state index in [1.165, 1.54) is 0 Å². The molecule has 0 radical (unpaired) electrons. The lowest BCUT2D eigenvalue weighted by atomic mass is 10.0. The van der Waals surface area contributed by atoms with Crippen molar-refractivity contribution in [2.45, 2.75) is 25.8 Å². The SMILES string of the molecule is CC(=O)N[C@@H]1CN(c2ncnc3[nH]ccc23)C[C@H]1c1ccc(C)o1. The fourth-order valence-corrected chi connectivity index (χ4v) is 3.44. The van der Waals surface area contributed by atoms with Gasteiger partial charge in [-0.25, -0.2) is 9.97 Å². The molecule has 3 aromatic heterocycles. The summed E-state index contributed by atoms with van der Waals surface area (Å²) >= 11 is 0. The maximum atomic E-state index is 11.6. The number of rotatable bonds is 3. The Morgan fingerprint density at radius 3 is 2.96 bits per heavy atom. The van der Waals surface area contributed by atoms with Crippen molar-refractivity contribution in [1.82, 2.24) is 20.3 Å². The first-order chi connectivity index (χ1) is 11.6. The van der Waals surface area contributed by atoms with Crippen molar-refractivity contribution in [3.05, 3.63) is 42.2 Å². The maximum Gasteiger partial charge on any atom is 0.217 e. The van der Waals surface area contributed by atoms with E-state index in [1.54, 1.807) is 13.3 Å². The summed E-state index contributed by atoms with van der Waals surface area (Å²) in [7, 11) is 0. The molecule has 124 valence electrons. The molecule has 1 fully saturated rings. The molecule has 7 nitrogen and oxygen atoms in total. The minimum atomic E-state index is -0.0374. The van der Waals surface area contributed by atoms with Gasteiger partial charge in [0.05, 0.1) is 17.3 Å². The first-order valence-corrected chi connectivity index (χ1v) is 7.98. The number of carbonyl (C=O) groups excluding carboxylic acids is 1. The molecule has 4 rings (SSSR count). The maximum absolute atomic E-state index is 11.6. The van der Waals surface area contributed by atoms with Gasteiger partial charge in [0, 0.05) is 26.2 Å². The van der Waals surface area contributed by atoms with Crippen molar-refractivity contribution < 1.29 is 9.21 Å². The van der Waals surface area contributed by atoms with Gasteiger partial charge in [0.2, 0.25) is 5.91 Å². The van der Waals surface area contributed by atoms with Gasteiger partial charge in [0.1, 0.15) is 29.3 Å². The molecule has 4 heterocycles. The van der Waals surface area contributed by atoms with Gasteiger partial charge in [-0.1, -0.05) is 0 Å². The Hall–Kier alpha value is -2.83. The molecule has 7 heteroatoms. The fraction of sp³-hybridized carbons (Fsp3) is 0.353. The van der Waals surface area contributed by atoms with Crippen LogP contribution < -0.4 is 10.2 Å². The average Bonchev–Trinajstić information content (AvgIpc) is 3.25. The molecule has 3 aromatic rings. The van der Waals surface area contributed by atoms with Crippen LogP contribution in [0.2, 0.25) is 0 Å². The van der Waals surface area contributed by atoms with Crippen molar-refractivity contribution in [2.24, 2.45) is 0 Å². The minimum Gasteiger partial charge on any atom is -0.466 e. The summed E-state index contributed by atoms with van der Waals surface area (Å²) in [6.45, 7) is 4.88. The second-order valence-corrected chi connectivity index (χ2v) is 6.20. The number of H-pyrrole nitrogens is 1. The van der Waals surface area contributed by atoms with Gasteiger partial charge in [0.15, 0.2) is 0 Å². The molecular weight excluding hydrogens is 306 g/mol. The highest BCUT2D eigenvalue weighted by atomic mass is 16.3. The number of amides is 1. The minimum absolute atomic E-state index is 0.0167. The molecular formula is C17H19N5O2. The second kappa shape index (κ2) is 5.67. The summed E-state index contributed by atoms with van der Waals surface area (Å²) in [6, 6.07) is 5.90. The summed E-state index contributed by atoms with van der Waals surface area (Å²) in [5.74, 6) is 2.70. The Labute approximate surface area is 139 Å². The average molecular weight is 325 g/mol. The normalized spacial score (nSPS) is 20.7. The summed E-state index contributed by atoms with van der Waals surface area (Å²) in [5, 5.41) is 4.03. The third-order valence-electron chi connectivity index (χ3n) is 4.47. The number of carbonyl (C=O) groups is 1. The van der Waals surface area contributed by atoms with Crippen LogP contribution in [0.15, 0.2) is 35.1 Å². The zero-order valence-electron chi connectivity index (χ0n) is 13.6. The Bertz CT molecular complexity index is 884. The molecule has 0 aromatic carbocycles. The number of anilines is 1. The van der Waals surface area contributed by atoms with E-state index in [9.17, 15) is 4.79 Å². The highest BCUT2D eigenvalue weighted by Gasteiger charge is 2.37. The van der Waals surface area contributed by atoms with Crippen LogP contribution >= 0.6 is 0 Å². The van der Waals surface area contributed by atoms with E-state index in [0.29, 0.717) is 6.54 Å². The zero-order chi connectivity index (χ0) is 16.7. The van der Waals surface area contributed by atoms with E-state index < -0.39 is 0 Å². The van der Waals surface area contributed by atoms with E-state index in [-0.39, 0.29) is 17.9 Å². The van der Waals surface area contributed by atoms with Gasteiger partial charge in [0.25, 0.3) is 0 Å². The molecule has 1 aliphatic heterocycles. The number of nitrogens with one attached hydrogen (secondary N) is 2. The number of aromatic nitrogens is 3. The molecule has 1 saturated heterocycles. The molecule has 0 unspecified atom stereocenters. The number of hydrogen-bond acceptors (Lipinski definition) is 5. The third-order valence-corrected chi connectivity index (χ3v) is 4.47. The van der Waals surface area contributed by atoms with Crippen molar-refractivity contribution >= 4 is 22.8 Å². The van der Waals surface area contributed by atoms with Crippen LogP contribution in [0.5, 0.6) is 0 Å². The number of hydrogen-bond donors (Lipinski definition) is 2. The molecule has 24 heavy (non-hydrogen) atoms. The van der Waals surface area contributed by atoms with Crippen molar-refractivity contribution in [2.75, 3.05) is 18.0 Å². The van der Waals surface area contributed by atoms with E-state index >= 15 is 0 Å². The first-order valence-electron chi connectivity index (χ1n) is 7.98. The number of fused-ring (bicyclic) bond motifs is 1. The highest BCUT2D eigenvalue weighted by molar-refractivity contribution is 5.87. The van der Waals surface area contributed by atoms with Crippen LogP contribution in [0.3, 0.4) is 0 Å². The summed E-state index contributed by atoms with van der Waals surface area (Å²) in [6.07, 6.45) is 3.42. The lowest BCUT2D eigenvalue weighted by molar-refractivity contribution is -0.119. The van der Waals surface area contributed by atoms with E-state index in [1.807, 2.05) is 31.3 Å². The Kier molecular flexibility index (Phi) is 3.48. The topological polar surface area (TPSA) is 87.0 Å². The van der Waals surface area contributed by atoms with Crippen LogP contribution in [-0.2, 0) is 4.79 Å². The summed E-state index contributed by atoms with van der Waals surface area (Å²) in [5.41, 5.74) is 0.813. The molecule has 0 aliphatic carbocycles. The van der Waals surface area contributed by atoms with E-state index in [4.69, 9.17) is 4.42 Å². The van der Waals surface area contributed by atoms with Gasteiger partial charge < -0.3 is 19.6 Å². The monoisotopic (exact) mass is 325 g/mol. The molecule has 1 amide bonds. The number of nitrogens with zero attached hydrogens (tertiary/aromatic N) is 3. The van der Waals surface area contributed by atoms with Crippen LogP contribution in [0, 0.1) is 6.92 Å². The number of aryl methyl sites for hydroxylation is 1. The molecule has 0 bridgehead atoms. The molecule has 0 saturated carbocycles. The van der Waals surface area contributed by atoms with E-state index in [2.05, 4.69) is 25.2 Å². The van der Waals surface area contributed by atoms with Crippen molar-refractivity contribution in [1.29, 1.82) is 0 Å².